The van der Waals surface area contributed by atoms with Gasteiger partial charge in [-0.2, -0.15) is 0 Å². The van der Waals surface area contributed by atoms with E-state index >= 15 is 0 Å². The number of carbonyl (C=O) groups excluding carboxylic acids is 1. The Balaban J connectivity index is 1.55. The molecule has 0 saturated carbocycles. The fourth-order valence-corrected chi connectivity index (χ4v) is 3.82. The van der Waals surface area contributed by atoms with Crippen LogP contribution in [0.4, 0.5) is 9.18 Å². The van der Waals surface area contributed by atoms with Crippen LogP contribution < -0.4 is 5.32 Å². The van der Waals surface area contributed by atoms with E-state index in [4.69, 9.17) is 4.74 Å². The predicted octanol–water partition coefficient (Wildman–Crippen LogP) is 3.36. The molecule has 0 radical (unpaired) electrons. The number of amides is 2. The average molecular weight is 334 g/mol. The molecule has 2 saturated heterocycles. The summed E-state index contributed by atoms with van der Waals surface area (Å²) in [5.74, 6) is 0.283. The molecule has 2 atom stereocenters. The Kier molecular flexibility index (Phi) is 5.72. The van der Waals surface area contributed by atoms with Gasteiger partial charge in [-0.25, -0.2) is 9.18 Å². The minimum absolute atomic E-state index is 0.0404. The van der Waals surface area contributed by atoms with Gasteiger partial charge in [-0.05, 0) is 62.6 Å². The van der Waals surface area contributed by atoms with Crippen LogP contribution in [0.1, 0.15) is 38.2 Å². The average Bonchev–Trinajstić information content (AvgIpc) is 3.06. The van der Waals surface area contributed by atoms with Crippen LogP contribution in [0.15, 0.2) is 24.3 Å². The summed E-state index contributed by atoms with van der Waals surface area (Å²) >= 11 is 0. The number of carbonyl (C=O) groups is 1. The third-order valence-corrected chi connectivity index (χ3v) is 5.35. The Morgan fingerprint density at radius 2 is 2.00 bits per heavy atom. The molecule has 0 aromatic heterocycles. The molecule has 2 heterocycles. The Hall–Kier alpha value is -1.62. The van der Waals surface area contributed by atoms with Crippen LogP contribution in [0.3, 0.4) is 0 Å². The highest BCUT2D eigenvalue weighted by atomic mass is 19.1. The van der Waals surface area contributed by atoms with Crippen molar-refractivity contribution in [3.63, 3.8) is 0 Å². The molecule has 1 aromatic carbocycles. The summed E-state index contributed by atoms with van der Waals surface area (Å²) in [6, 6.07) is 7.02. The predicted molar refractivity (Wildman–Crippen MR) is 91.4 cm³/mol. The first-order chi connectivity index (χ1) is 11.6. The van der Waals surface area contributed by atoms with Crippen molar-refractivity contribution in [1.29, 1.82) is 0 Å². The van der Waals surface area contributed by atoms with E-state index in [0.717, 1.165) is 57.4 Å². The first-order valence-electron chi connectivity index (χ1n) is 9.03. The molecule has 2 amide bonds. The maximum Gasteiger partial charge on any atom is 0.317 e. The summed E-state index contributed by atoms with van der Waals surface area (Å²) in [7, 11) is 0. The lowest BCUT2D eigenvalue weighted by molar-refractivity contribution is 0.0561. The van der Waals surface area contributed by atoms with Crippen molar-refractivity contribution in [3.8, 4) is 0 Å². The quantitative estimate of drug-likeness (QED) is 0.917. The molecular weight excluding hydrogens is 307 g/mol. The van der Waals surface area contributed by atoms with Gasteiger partial charge in [0.2, 0.25) is 0 Å². The molecule has 3 rings (SSSR count). The van der Waals surface area contributed by atoms with E-state index in [0.29, 0.717) is 5.92 Å². The normalized spacial score (nSPS) is 23.2. The zero-order valence-corrected chi connectivity index (χ0v) is 14.3. The van der Waals surface area contributed by atoms with E-state index in [1.807, 2.05) is 17.0 Å². The van der Waals surface area contributed by atoms with E-state index in [2.05, 4.69) is 12.2 Å². The molecule has 24 heavy (non-hydrogen) atoms. The number of urea groups is 1. The molecule has 2 aliphatic rings. The summed E-state index contributed by atoms with van der Waals surface area (Å²) < 4.78 is 18.4. The van der Waals surface area contributed by atoms with Crippen molar-refractivity contribution in [2.24, 2.45) is 5.92 Å². The Morgan fingerprint density at radius 3 is 2.71 bits per heavy atom. The van der Waals surface area contributed by atoms with Crippen molar-refractivity contribution in [1.82, 2.24) is 10.2 Å². The molecule has 1 aromatic rings. The molecule has 2 unspecified atom stereocenters. The number of nitrogens with one attached hydrogen (secondary N) is 1. The van der Waals surface area contributed by atoms with Crippen LogP contribution in [-0.2, 0) is 11.2 Å². The fourth-order valence-electron chi connectivity index (χ4n) is 3.82. The molecule has 1 N–H and O–H groups in total. The van der Waals surface area contributed by atoms with Gasteiger partial charge in [0.25, 0.3) is 0 Å². The van der Waals surface area contributed by atoms with Crippen LogP contribution in [0.2, 0.25) is 0 Å². The van der Waals surface area contributed by atoms with Crippen molar-refractivity contribution in [2.45, 2.75) is 51.1 Å². The van der Waals surface area contributed by atoms with Crippen LogP contribution in [0, 0.1) is 11.7 Å². The second-order valence-corrected chi connectivity index (χ2v) is 7.01. The van der Waals surface area contributed by atoms with Gasteiger partial charge >= 0.3 is 6.03 Å². The van der Waals surface area contributed by atoms with E-state index in [-0.39, 0.29) is 23.9 Å². The Morgan fingerprint density at radius 1 is 1.29 bits per heavy atom. The smallest absolute Gasteiger partial charge is 0.317 e. The highest BCUT2D eigenvalue weighted by Gasteiger charge is 2.31. The summed E-state index contributed by atoms with van der Waals surface area (Å²) in [4.78, 5) is 14.6. The van der Waals surface area contributed by atoms with Crippen LogP contribution in [0.5, 0.6) is 0 Å². The topological polar surface area (TPSA) is 41.6 Å². The molecule has 0 spiro atoms. The molecule has 0 aliphatic carbocycles. The number of rotatable bonds is 4. The lowest BCUT2D eigenvalue weighted by Crippen LogP contribution is -2.49. The standard InChI is InChI=1S/C19H27FN2O2/c1-14(16-8-11-24-12-9-16)21-19(23)22-10-2-3-18(22)13-15-4-6-17(20)7-5-15/h4-7,14,16,18H,2-3,8-13H2,1H3,(H,21,23). The summed E-state index contributed by atoms with van der Waals surface area (Å²) in [5.41, 5.74) is 1.08. The maximum atomic E-state index is 13.0. The van der Waals surface area contributed by atoms with Gasteiger partial charge in [-0.1, -0.05) is 12.1 Å². The Labute approximate surface area is 143 Å². The second-order valence-electron chi connectivity index (χ2n) is 7.01. The van der Waals surface area contributed by atoms with Crippen molar-refractivity contribution in [2.75, 3.05) is 19.8 Å². The largest absolute Gasteiger partial charge is 0.381 e. The first kappa shape index (κ1) is 17.2. The van der Waals surface area contributed by atoms with Gasteiger partial charge in [0.15, 0.2) is 0 Å². The minimum Gasteiger partial charge on any atom is -0.381 e. The SMILES string of the molecule is CC(NC(=O)N1CCCC1Cc1ccc(F)cc1)C1CCOCC1. The lowest BCUT2D eigenvalue weighted by atomic mass is 9.93. The van der Waals surface area contributed by atoms with Gasteiger partial charge in [-0.15, -0.1) is 0 Å². The van der Waals surface area contributed by atoms with Gasteiger partial charge in [0.1, 0.15) is 5.82 Å². The number of ether oxygens (including phenoxy) is 1. The molecule has 2 aliphatic heterocycles. The van der Waals surface area contributed by atoms with Crippen LogP contribution >= 0.6 is 0 Å². The highest BCUT2D eigenvalue weighted by molar-refractivity contribution is 5.75. The zero-order chi connectivity index (χ0) is 16.9. The summed E-state index contributed by atoms with van der Waals surface area (Å²) in [6.45, 7) is 4.49. The van der Waals surface area contributed by atoms with Gasteiger partial charge in [0, 0.05) is 31.8 Å². The molecule has 5 heteroatoms. The second kappa shape index (κ2) is 7.97. The third-order valence-electron chi connectivity index (χ3n) is 5.35. The lowest BCUT2D eigenvalue weighted by Gasteiger charge is -2.31. The van der Waals surface area contributed by atoms with E-state index in [9.17, 15) is 9.18 Å². The van der Waals surface area contributed by atoms with Gasteiger partial charge < -0.3 is 15.0 Å². The highest BCUT2D eigenvalue weighted by Crippen LogP contribution is 2.23. The van der Waals surface area contributed by atoms with Gasteiger partial charge in [-0.3, -0.25) is 0 Å². The maximum absolute atomic E-state index is 13.0. The summed E-state index contributed by atoms with van der Waals surface area (Å²) in [6.07, 6.45) is 4.86. The van der Waals surface area contributed by atoms with Crippen molar-refractivity contribution in [3.05, 3.63) is 35.6 Å². The number of likely N-dealkylation sites (tertiary alicyclic amines) is 1. The monoisotopic (exact) mass is 334 g/mol. The molecule has 0 bridgehead atoms. The zero-order valence-electron chi connectivity index (χ0n) is 14.3. The van der Waals surface area contributed by atoms with Crippen molar-refractivity contribution >= 4 is 6.03 Å². The molecule has 2 fully saturated rings. The van der Waals surface area contributed by atoms with Crippen LogP contribution in [-0.4, -0.2) is 42.8 Å². The number of hydrogen-bond donors (Lipinski definition) is 1. The van der Waals surface area contributed by atoms with Crippen molar-refractivity contribution < 1.29 is 13.9 Å². The molecule has 4 nitrogen and oxygen atoms in total. The number of halogens is 1. The summed E-state index contributed by atoms with van der Waals surface area (Å²) in [5, 5.41) is 3.19. The molecule has 132 valence electrons. The van der Waals surface area contributed by atoms with E-state index in [1.165, 1.54) is 12.1 Å². The fraction of sp³-hybridized carbons (Fsp3) is 0.632. The van der Waals surface area contributed by atoms with Crippen LogP contribution in [0.25, 0.3) is 0 Å². The van der Waals surface area contributed by atoms with Gasteiger partial charge in [0.05, 0.1) is 0 Å². The third kappa shape index (κ3) is 4.26. The number of benzene rings is 1. The first-order valence-corrected chi connectivity index (χ1v) is 9.03. The number of hydrogen-bond acceptors (Lipinski definition) is 2. The van der Waals surface area contributed by atoms with E-state index < -0.39 is 0 Å². The Bertz CT molecular complexity index is 543. The molecular formula is C19H27FN2O2. The number of nitrogens with zero attached hydrogens (tertiary/aromatic N) is 1. The van der Waals surface area contributed by atoms with E-state index in [1.54, 1.807) is 0 Å². The minimum atomic E-state index is -0.218.